The number of hydrogen-bond donors (Lipinski definition) is 1. The van der Waals surface area contributed by atoms with Gasteiger partial charge in [0.25, 0.3) is 5.92 Å². The zero-order valence-corrected chi connectivity index (χ0v) is 19.7. The Morgan fingerprint density at radius 2 is 2.09 bits per heavy atom. The van der Waals surface area contributed by atoms with Gasteiger partial charge in [0.05, 0.1) is 23.0 Å². The first-order chi connectivity index (χ1) is 16.5. The van der Waals surface area contributed by atoms with E-state index in [0.29, 0.717) is 27.8 Å². The summed E-state index contributed by atoms with van der Waals surface area (Å²) < 4.78 is 75.1. The quantitative estimate of drug-likeness (QED) is 0.566. The van der Waals surface area contributed by atoms with Crippen molar-refractivity contribution in [2.45, 2.75) is 38.3 Å². The first-order valence-corrected chi connectivity index (χ1v) is 12.7. The molecule has 186 valence electrons. The summed E-state index contributed by atoms with van der Waals surface area (Å²) >= 11 is 0. The maximum Gasteiger partial charge on any atom is 0.326 e. The van der Waals surface area contributed by atoms with Gasteiger partial charge >= 0.3 is 6.03 Å². The number of alkyl halides is 2. The van der Waals surface area contributed by atoms with Crippen molar-refractivity contribution >= 4 is 32.8 Å². The number of anilines is 1. The lowest BCUT2D eigenvalue weighted by atomic mass is 10.0. The molecule has 0 spiro atoms. The fourth-order valence-corrected chi connectivity index (χ4v) is 5.57. The molecule has 0 bridgehead atoms. The summed E-state index contributed by atoms with van der Waals surface area (Å²) in [5.41, 5.74) is 1.91. The number of pyridine rings is 1. The lowest BCUT2D eigenvalue weighted by Crippen LogP contribution is -2.56. The molecule has 2 saturated heterocycles. The first-order valence-electron chi connectivity index (χ1n) is 11.0. The second-order valence-corrected chi connectivity index (χ2v) is 10.7. The highest BCUT2D eigenvalue weighted by molar-refractivity contribution is 7.89. The Labute approximate surface area is 198 Å². The minimum Gasteiger partial charge on any atom is -0.354 e. The van der Waals surface area contributed by atoms with Crippen LogP contribution in [0.4, 0.5) is 23.8 Å². The fraction of sp³-hybridized carbons (Fsp3) is 0.409. The van der Waals surface area contributed by atoms with Crippen molar-refractivity contribution in [2.24, 2.45) is 0 Å². The van der Waals surface area contributed by atoms with E-state index in [1.807, 2.05) is 4.72 Å². The van der Waals surface area contributed by atoms with Gasteiger partial charge < -0.3 is 9.42 Å². The van der Waals surface area contributed by atoms with E-state index in [1.165, 1.54) is 17.9 Å². The number of nitrogens with one attached hydrogen (secondary N) is 1. The number of carbonyl (C=O) groups is 1. The third-order valence-electron chi connectivity index (χ3n) is 6.50. The van der Waals surface area contributed by atoms with Crippen molar-refractivity contribution in [3.05, 3.63) is 41.8 Å². The van der Waals surface area contributed by atoms with Crippen LogP contribution in [-0.2, 0) is 10.0 Å². The van der Waals surface area contributed by atoms with Crippen molar-refractivity contribution in [3.8, 4) is 11.3 Å². The van der Waals surface area contributed by atoms with Crippen LogP contribution in [0.5, 0.6) is 0 Å². The largest absolute Gasteiger partial charge is 0.354 e. The summed E-state index contributed by atoms with van der Waals surface area (Å²) in [4.78, 5) is 19.8. The number of carbonyl (C=O) groups excluding carboxylic acids is 1. The Bertz CT molecular complexity index is 1430. The number of urea groups is 1. The van der Waals surface area contributed by atoms with Crippen LogP contribution in [-0.4, -0.2) is 66.3 Å². The molecule has 2 aliphatic heterocycles. The Morgan fingerprint density at radius 3 is 2.80 bits per heavy atom. The Balaban J connectivity index is 1.53. The van der Waals surface area contributed by atoms with Crippen molar-refractivity contribution in [3.63, 3.8) is 0 Å². The number of aromatic nitrogens is 2. The molecule has 3 aromatic rings. The fourth-order valence-electron chi connectivity index (χ4n) is 4.74. The van der Waals surface area contributed by atoms with E-state index in [9.17, 15) is 17.6 Å². The molecule has 9 nitrogen and oxygen atoms in total. The van der Waals surface area contributed by atoms with Gasteiger partial charge in [-0.2, -0.15) is 0 Å². The van der Waals surface area contributed by atoms with Gasteiger partial charge in [-0.1, -0.05) is 17.3 Å². The van der Waals surface area contributed by atoms with Crippen LogP contribution in [0.15, 0.2) is 35.0 Å². The maximum absolute atomic E-state index is 15.1. The van der Waals surface area contributed by atoms with Crippen molar-refractivity contribution in [2.75, 3.05) is 23.7 Å². The molecule has 2 fully saturated rings. The molecule has 2 aliphatic rings. The predicted molar refractivity (Wildman–Crippen MR) is 121 cm³/mol. The summed E-state index contributed by atoms with van der Waals surface area (Å²) in [6.45, 7) is 2.49. The number of fused-ring (bicyclic) bond motifs is 2. The standard InChI is InChI=1S/C22H22F3N5O4S/c1-3-35(32,33)28-16-11-30-17(22(16,24)25)7-8-29(21(30)31)20-18-14(5-4-6-15(18)34-27-20)19-12(2)9-13(23)10-26-19/h4-6,9-10,16-17,28H,3,7-8,11H2,1-2H3/t16-,17-/m1/s1. The van der Waals surface area contributed by atoms with Crippen molar-refractivity contribution < 1.29 is 30.9 Å². The number of nitrogens with zero attached hydrogens (tertiary/aromatic N) is 4. The third-order valence-corrected chi connectivity index (χ3v) is 7.91. The maximum atomic E-state index is 15.1. The van der Waals surface area contributed by atoms with Crippen LogP contribution in [0.2, 0.25) is 0 Å². The number of rotatable bonds is 5. The van der Waals surface area contributed by atoms with E-state index in [-0.39, 0.29) is 24.5 Å². The average Bonchev–Trinajstić information content (AvgIpc) is 3.34. The van der Waals surface area contributed by atoms with E-state index >= 15 is 8.78 Å². The summed E-state index contributed by atoms with van der Waals surface area (Å²) in [7, 11) is -3.91. The van der Waals surface area contributed by atoms with Gasteiger partial charge in [0.15, 0.2) is 11.4 Å². The summed E-state index contributed by atoms with van der Waals surface area (Å²) in [5.74, 6) is -4.15. The van der Waals surface area contributed by atoms with Crippen LogP contribution in [0, 0.1) is 12.7 Å². The van der Waals surface area contributed by atoms with E-state index in [0.717, 1.165) is 11.1 Å². The predicted octanol–water partition coefficient (Wildman–Crippen LogP) is 3.29. The normalized spacial score (nSPS) is 22.1. The second-order valence-electron chi connectivity index (χ2n) is 8.64. The molecular weight excluding hydrogens is 487 g/mol. The lowest BCUT2D eigenvalue weighted by molar-refractivity contribution is -0.0448. The molecule has 5 rings (SSSR count). The van der Waals surface area contributed by atoms with Gasteiger partial charge in [0, 0.05) is 18.7 Å². The monoisotopic (exact) mass is 509 g/mol. The van der Waals surface area contributed by atoms with Crippen molar-refractivity contribution in [1.82, 2.24) is 19.8 Å². The molecule has 1 aromatic carbocycles. The molecule has 2 amide bonds. The lowest BCUT2D eigenvalue weighted by Gasteiger charge is -2.37. The summed E-state index contributed by atoms with van der Waals surface area (Å²) in [6, 6.07) is 2.50. The zero-order valence-electron chi connectivity index (χ0n) is 18.8. The SMILES string of the molecule is CCS(=O)(=O)N[C@@H]1CN2C(=O)N(c3noc4cccc(-c5ncc(F)cc5C)c34)CC[C@@H]2C1(F)F. The highest BCUT2D eigenvalue weighted by atomic mass is 32.2. The van der Waals surface area contributed by atoms with Gasteiger partial charge in [0.2, 0.25) is 10.0 Å². The molecule has 0 aliphatic carbocycles. The molecule has 4 heterocycles. The van der Waals surface area contributed by atoms with Gasteiger partial charge in [-0.25, -0.2) is 31.1 Å². The Morgan fingerprint density at radius 1 is 1.31 bits per heavy atom. The van der Waals surface area contributed by atoms with E-state index in [4.69, 9.17) is 4.52 Å². The van der Waals surface area contributed by atoms with Crippen LogP contribution < -0.4 is 9.62 Å². The van der Waals surface area contributed by atoms with Gasteiger partial charge in [-0.05, 0) is 38.0 Å². The molecule has 35 heavy (non-hydrogen) atoms. The first kappa shape index (κ1) is 23.5. The van der Waals surface area contributed by atoms with Crippen LogP contribution >= 0.6 is 0 Å². The minimum absolute atomic E-state index is 0.0748. The molecule has 1 N–H and O–H groups in total. The van der Waals surface area contributed by atoms with Gasteiger partial charge in [0.1, 0.15) is 17.9 Å². The van der Waals surface area contributed by atoms with Crippen molar-refractivity contribution in [1.29, 1.82) is 0 Å². The molecule has 0 saturated carbocycles. The van der Waals surface area contributed by atoms with Gasteiger partial charge in [-0.3, -0.25) is 9.88 Å². The topological polar surface area (TPSA) is 109 Å². The number of hydrogen-bond acceptors (Lipinski definition) is 6. The molecule has 13 heteroatoms. The average molecular weight is 510 g/mol. The minimum atomic E-state index is -3.91. The number of sulfonamides is 1. The highest BCUT2D eigenvalue weighted by Crippen LogP contribution is 2.42. The van der Waals surface area contributed by atoms with Crippen LogP contribution in [0.1, 0.15) is 18.9 Å². The van der Waals surface area contributed by atoms with Gasteiger partial charge in [-0.15, -0.1) is 0 Å². The highest BCUT2D eigenvalue weighted by Gasteiger charge is 2.60. The van der Waals surface area contributed by atoms with E-state index in [2.05, 4.69) is 10.1 Å². The second kappa shape index (κ2) is 8.19. The molecular formula is C22H22F3N5O4S. The molecule has 2 atom stereocenters. The van der Waals surface area contributed by atoms with Crippen LogP contribution in [0.25, 0.3) is 22.2 Å². The zero-order chi connectivity index (χ0) is 25.1. The molecule has 0 unspecified atom stereocenters. The number of benzene rings is 1. The molecule has 0 radical (unpaired) electrons. The molecule has 2 aromatic heterocycles. The number of aryl methyl sites for hydroxylation is 1. The third kappa shape index (κ3) is 3.82. The summed E-state index contributed by atoms with van der Waals surface area (Å²) in [6.07, 6.45) is 0.974. The summed E-state index contributed by atoms with van der Waals surface area (Å²) in [5, 5.41) is 4.49. The smallest absolute Gasteiger partial charge is 0.326 e. The number of amides is 2. The number of halogens is 3. The van der Waals surface area contributed by atoms with E-state index in [1.54, 1.807) is 25.1 Å². The Hall–Kier alpha value is -3.19. The van der Waals surface area contributed by atoms with Crippen LogP contribution in [0.3, 0.4) is 0 Å². The van der Waals surface area contributed by atoms with E-state index < -0.39 is 46.4 Å². The Kier molecular flexibility index (Phi) is 5.51.